The Morgan fingerprint density at radius 3 is 2.42 bits per heavy atom. The maximum Gasteiger partial charge on any atom is 0.433 e. The van der Waals surface area contributed by atoms with Gasteiger partial charge in [-0.3, -0.25) is 9.40 Å². The van der Waals surface area contributed by atoms with Crippen LogP contribution in [0.25, 0.3) is 16.6 Å². The lowest BCUT2D eigenvalue weighted by molar-refractivity contribution is -0.141. The molecule has 0 aliphatic carbocycles. The number of rotatable bonds is 6. The number of alkyl halides is 3. The lowest BCUT2D eigenvalue weighted by Gasteiger charge is -2.13. The summed E-state index contributed by atoms with van der Waals surface area (Å²) in [6.45, 7) is 0. The van der Waals surface area contributed by atoms with Crippen LogP contribution in [-0.2, 0) is 23.2 Å². The smallest absolute Gasteiger partial charge is 0.433 e. The van der Waals surface area contributed by atoms with Crippen LogP contribution in [0.1, 0.15) is 5.69 Å². The van der Waals surface area contributed by atoms with E-state index in [9.17, 15) is 21.6 Å². The van der Waals surface area contributed by atoms with Crippen molar-refractivity contribution in [3.05, 3.63) is 48.7 Å². The molecule has 33 heavy (non-hydrogen) atoms. The Morgan fingerprint density at radius 2 is 1.76 bits per heavy atom. The number of benzene rings is 1. The predicted octanol–water partition coefficient (Wildman–Crippen LogP) is 2.99. The van der Waals surface area contributed by atoms with Crippen molar-refractivity contribution in [2.24, 2.45) is 7.05 Å². The van der Waals surface area contributed by atoms with Gasteiger partial charge in [0.2, 0.25) is 0 Å². The number of halogens is 3. The highest BCUT2D eigenvalue weighted by atomic mass is 32.2. The molecule has 0 atom stereocenters. The number of methoxy groups -OCH3 is 2. The number of fused-ring (bicyclic) bond motifs is 1. The summed E-state index contributed by atoms with van der Waals surface area (Å²) in [5.41, 5.74) is -0.670. The summed E-state index contributed by atoms with van der Waals surface area (Å²) in [6.07, 6.45) is -0.177. The zero-order valence-electron chi connectivity index (χ0n) is 17.5. The number of hydrogen-bond acceptors (Lipinski definition) is 7. The maximum atomic E-state index is 13.1. The summed E-state index contributed by atoms with van der Waals surface area (Å²) < 4.78 is 80.8. The van der Waals surface area contributed by atoms with E-state index in [0.29, 0.717) is 10.9 Å². The number of pyridine rings is 1. The standard InChI is InChI=1S/C19H17F3N6O4S/c1-27-18-11(7-24-27)4-5-14(31-2)17(18)26-33(29,30)12-8-25-28(10-12)13-6-16(19(20,21)22)23-9-15(13)32-3/h4-10,26H,1-3H3. The van der Waals surface area contributed by atoms with Gasteiger partial charge in [0.25, 0.3) is 10.0 Å². The number of aryl methyl sites for hydroxylation is 1. The zero-order chi connectivity index (χ0) is 24.0. The number of ether oxygens (including phenoxy) is 2. The molecule has 0 aliphatic heterocycles. The molecule has 1 N–H and O–H groups in total. The second-order valence-electron chi connectivity index (χ2n) is 6.81. The Kier molecular flexibility index (Phi) is 5.40. The summed E-state index contributed by atoms with van der Waals surface area (Å²) >= 11 is 0. The van der Waals surface area contributed by atoms with Crippen molar-refractivity contribution in [1.82, 2.24) is 24.5 Å². The van der Waals surface area contributed by atoms with E-state index < -0.39 is 21.9 Å². The number of hydrogen-bond donors (Lipinski definition) is 1. The molecule has 0 spiro atoms. The van der Waals surface area contributed by atoms with E-state index >= 15 is 0 Å². The van der Waals surface area contributed by atoms with Gasteiger partial charge in [-0.05, 0) is 18.2 Å². The van der Waals surface area contributed by atoms with Gasteiger partial charge < -0.3 is 9.47 Å². The van der Waals surface area contributed by atoms with Gasteiger partial charge in [0, 0.05) is 12.4 Å². The highest BCUT2D eigenvalue weighted by Gasteiger charge is 2.33. The quantitative estimate of drug-likeness (QED) is 0.450. The molecule has 174 valence electrons. The van der Waals surface area contributed by atoms with Crippen molar-refractivity contribution in [3.8, 4) is 17.2 Å². The van der Waals surface area contributed by atoms with E-state index in [4.69, 9.17) is 9.47 Å². The molecule has 0 fully saturated rings. The Bertz CT molecular complexity index is 1450. The Labute approximate surface area is 185 Å². The van der Waals surface area contributed by atoms with Crippen LogP contribution in [0.2, 0.25) is 0 Å². The predicted molar refractivity (Wildman–Crippen MR) is 111 cm³/mol. The van der Waals surface area contributed by atoms with Crippen LogP contribution in [-0.4, -0.2) is 47.2 Å². The molecule has 0 unspecified atom stereocenters. The number of anilines is 1. The normalized spacial score (nSPS) is 12.2. The molecule has 3 aromatic heterocycles. The second-order valence-corrected chi connectivity index (χ2v) is 8.50. The zero-order valence-corrected chi connectivity index (χ0v) is 18.3. The van der Waals surface area contributed by atoms with Gasteiger partial charge in [0.05, 0.1) is 44.5 Å². The molecule has 1 aromatic carbocycles. The van der Waals surface area contributed by atoms with Crippen molar-refractivity contribution in [3.63, 3.8) is 0 Å². The highest BCUT2D eigenvalue weighted by molar-refractivity contribution is 7.92. The minimum Gasteiger partial charge on any atom is -0.494 e. The van der Waals surface area contributed by atoms with E-state index in [1.54, 1.807) is 25.4 Å². The molecule has 0 aliphatic rings. The molecule has 0 bridgehead atoms. The fourth-order valence-corrected chi connectivity index (χ4v) is 4.22. The summed E-state index contributed by atoms with van der Waals surface area (Å²) in [5, 5.41) is 8.71. The van der Waals surface area contributed by atoms with E-state index in [1.807, 2.05) is 0 Å². The molecule has 0 saturated heterocycles. The number of aromatic nitrogens is 5. The molecule has 3 heterocycles. The van der Waals surface area contributed by atoms with Gasteiger partial charge >= 0.3 is 6.18 Å². The first-order chi connectivity index (χ1) is 15.5. The third kappa shape index (κ3) is 4.04. The molecule has 0 amide bonds. The van der Waals surface area contributed by atoms with Crippen LogP contribution in [0.4, 0.5) is 18.9 Å². The number of nitrogens with one attached hydrogen (secondary N) is 1. The first-order valence-corrected chi connectivity index (χ1v) is 10.7. The van der Waals surface area contributed by atoms with Crippen molar-refractivity contribution < 1.29 is 31.1 Å². The molecule has 14 heteroatoms. The highest BCUT2D eigenvalue weighted by Crippen LogP contribution is 2.35. The van der Waals surface area contributed by atoms with Crippen LogP contribution in [0.5, 0.6) is 11.5 Å². The van der Waals surface area contributed by atoms with E-state index in [0.717, 1.165) is 29.3 Å². The van der Waals surface area contributed by atoms with E-state index in [1.165, 1.54) is 18.9 Å². The minimum atomic E-state index is -4.71. The third-order valence-electron chi connectivity index (χ3n) is 4.79. The lowest BCUT2D eigenvalue weighted by Crippen LogP contribution is -2.14. The van der Waals surface area contributed by atoms with Crippen LogP contribution in [0.3, 0.4) is 0 Å². The topological polar surface area (TPSA) is 113 Å². The Balaban J connectivity index is 1.76. The van der Waals surface area contributed by atoms with Crippen LogP contribution >= 0.6 is 0 Å². The molecule has 10 nitrogen and oxygen atoms in total. The molecular formula is C19H17F3N6O4S. The average Bonchev–Trinajstić information content (AvgIpc) is 3.41. The molecule has 4 rings (SSSR count). The number of nitrogens with zero attached hydrogens (tertiary/aromatic N) is 5. The van der Waals surface area contributed by atoms with Gasteiger partial charge in [0.15, 0.2) is 5.75 Å². The van der Waals surface area contributed by atoms with Crippen molar-refractivity contribution in [1.29, 1.82) is 0 Å². The van der Waals surface area contributed by atoms with Crippen LogP contribution in [0.15, 0.2) is 47.9 Å². The first kappa shape index (κ1) is 22.4. The maximum absolute atomic E-state index is 13.1. The summed E-state index contributed by atoms with van der Waals surface area (Å²) in [4.78, 5) is 3.03. The SMILES string of the molecule is COc1cnc(C(F)(F)F)cc1-n1cc(S(=O)(=O)Nc2c(OC)ccc3cnn(C)c23)cn1. The molecular weight excluding hydrogens is 465 g/mol. The summed E-state index contributed by atoms with van der Waals surface area (Å²) in [5.74, 6) is 0.233. The van der Waals surface area contributed by atoms with Crippen LogP contribution in [0, 0.1) is 0 Å². The molecule has 4 aromatic rings. The van der Waals surface area contributed by atoms with Crippen molar-refractivity contribution in [2.75, 3.05) is 18.9 Å². The third-order valence-corrected chi connectivity index (χ3v) is 6.10. The van der Waals surface area contributed by atoms with Gasteiger partial charge in [-0.2, -0.15) is 23.4 Å². The van der Waals surface area contributed by atoms with Crippen molar-refractivity contribution >= 4 is 26.6 Å². The monoisotopic (exact) mass is 482 g/mol. The lowest BCUT2D eigenvalue weighted by atomic mass is 10.2. The van der Waals surface area contributed by atoms with Crippen molar-refractivity contribution in [2.45, 2.75) is 11.1 Å². The van der Waals surface area contributed by atoms with Gasteiger partial charge in [-0.25, -0.2) is 18.1 Å². The summed E-state index contributed by atoms with van der Waals surface area (Å²) in [7, 11) is 0.0715. The Morgan fingerprint density at radius 1 is 1.03 bits per heavy atom. The molecule has 0 radical (unpaired) electrons. The Hall–Kier alpha value is -3.81. The second kappa shape index (κ2) is 7.95. The first-order valence-electron chi connectivity index (χ1n) is 9.23. The molecule has 0 saturated carbocycles. The van der Waals surface area contributed by atoms with E-state index in [-0.39, 0.29) is 27.8 Å². The number of sulfonamides is 1. The fourth-order valence-electron chi connectivity index (χ4n) is 3.21. The average molecular weight is 482 g/mol. The van der Waals surface area contributed by atoms with Gasteiger partial charge in [-0.1, -0.05) is 0 Å². The van der Waals surface area contributed by atoms with Crippen LogP contribution < -0.4 is 14.2 Å². The summed E-state index contributed by atoms with van der Waals surface area (Å²) in [6, 6.07) is 4.03. The van der Waals surface area contributed by atoms with E-state index in [2.05, 4.69) is 19.9 Å². The fraction of sp³-hybridized carbons (Fsp3) is 0.211. The van der Waals surface area contributed by atoms with Gasteiger partial charge in [-0.15, -0.1) is 0 Å². The largest absolute Gasteiger partial charge is 0.494 e. The van der Waals surface area contributed by atoms with Gasteiger partial charge in [0.1, 0.15) is 27.7 Å². The minimum absolute atomic E-state index is 0.0238.